The Morgan fingerprint density at radius 2 is 2.00 bits per heavy atom. The van der Waals surface area contributed by atoms with Crippen LogP contribution in [-0.2, 0) is 10.9 Å². The van der Waals surface area contributed by atoms with Gasteiger partial charge in [0.1, 0.15) is 11.7 Å². The minimum Gasteiger partial charge on any atom is -0.370 e. The van der Waals surface area contributed by atoms with Gasteiger partial charge < -0.3 is 14.6 Å². The van der Waals surface area contributed by atoms with Crippen LogP contribution >= 0.6 is 0 Å². The predicted octanol–water partition coefficient (Wildman–Crippen LogP) is 2.92. The van der Waals surface area contributed by atoms with Gasteiger partial charge in [0.2, 0.25) is 0 Å². The number of ether oxygens (including phenoxy) is 1. The van der Waals surface area contributed by atoms with E-state index >= 15 is 0 Å². The van der Waals surface area contributed by atoms with Crippen LogP contribution in [0.3, 0.4) is 0 Å². The van der Waals surface area contributed by atoms with Crippen molar-refractivity contribution in [1.82, 2.24) is 9.88 Å². The van der Waals surface area contributed by atoms with E-state index in [2.05, 4.69) is 4.98 Å². The summed E-state index contributed by atoms with van der Waals surface area (Å²) in [5, 5.41) is 0. The van der Waals surface area contributed by atoms with Gasteiger partial charge >= 0.3 is 6.18 Å². The molecular weight excluding hydrogens is 349 g/mol. The lowest BCUT2D eigenvalue weighted by molar-refractivity contribution is -0.140. The summed E-state index contributed by atoms with van der Waals surface area (Å²) >= 11 is 0. The summed E-state index contributed by atoms with van der Waals surface area (Å²) in [5.74, 6) is -0.521. The van der Waals surface area contributed by atoms with E-state index in [1.165, 1.54) is 35.5 Å². The number of hydrogen-bond donors (Lipinski definition) is 1. The molecule has 1 amide bonds. The largest absolute Gasteiger partial charge is 0.416 e. The summed E-state index contributed by atoms with van der Waals surface area (Å²) in [6, 6.07) is 5.15. The molecule has 0 radical (unpaired) electrons. The van der Waals surface area contributed by atoms with Crippen LogP contribution in [0.5, 0.6) is 0 Å². The number of aryl methyl sites for hydroxylation is 1. The molecule has 0 bridgehead atoms. The minimum atomic E-state index is -4.51. The van der Waals surface area contributed by atoms with E-state index in [4.69, 9.17) is 4.74 Å². The summed E-state index contributed by atoms with van der Waals surface area (Å²) in [5.41, 5.74) is -0.839. The van der Waals surface area contributed by atoms with Crippen molar-refractivity contribution in [3.8, 4) is 0 Å². The maximum Gasteiger partial charge on any atom is 0.416 e. The average molecular weight is 366 g/mol. The molecule has 1 fully saturated rings. The Morgan fingerprint density at radius 1 is 1.27 bits per heavy atom. The van der Waals surface area contributed by atoms with Crippen molar-refractivity contribution in [1.29, 1.82) is 0 Å². The number of aromatic nitrogens is 1. The van der Waals surface area contributed by atoms with Gasteiger partial charge in [-0.25, -0.2) is 0 Å². The first-order valence-corrected chi connectivity index (χ1v) is 8.03. The van der Waals surface area contributed by atoms with Crippen LogP contribution in [0.1, 0.15) is 33.2 Å². The molecule has 1 unspecified atom stereocenters. The molecule has 0 saturated carbocycles. The Bertz CT molecular complexity index is 876. The number of nitrogens with zero attached hydrogens (tertiary/aromatic N) is 1. The van der Waals surface area contributed by atoms with Crippen LogP contribution in [0.2, 0.25) is 0 Å². The van der Waals surface area contributed by atoms with Gasteiger partial charge in [-0.1, -0.05) is 18.2 Å². The molecule has 1 aromatic carbocycles. The lowest BCUT2D eigenvalue weighted by atomic mass is 10.00. The van der Waals surface area contributed by atoms with Crippen molar-refractivity contribution >= 4 is 5.91 Å². The number of alkyl halides is 3. The van der Waals surface area contributed by atoms with Gasteiger partial charge in [-0.3, -0.25) is 9.59 Å². The number of pyridine rings is 1. The van der Waals surface area contributed by atoms with Gasteiger partial charge in [0, 0.05) is 24.5 Å². The summed E-state index contributed by atoms with van der Waals surface area (Å²) in [6.07, 6.45) is -2.62. The minimum absolute atomic E-state index is 0.0179. The molecule has 2 heterocycles. The Hall–Kier alpha value is -2.61. The first-order chi connectivity index (χ1) is 12.3. The molecule has 1 aliphatic rings. The fraction of sp³-hybridized carbons (Fsp3) is 0.333. The first kappa shape index (κ1) is 18.2. The van der Waals surface area contributed by atoms with Crippen molar-refractivity contribution in [3.63, 3.8) is 0 Å². The molecule has 8 heteroatoms. The van der Waals surface area contributed by atoms with Crippen molar-refractivity contribution in [2.75, 3.05) is 19.7 Å². The highest BCUT2D eigenvalue weighted by molar-refractivity contribution is 5.94. The zero-order chi connectivity index (χ0) is 18.9. The highest BCUT2D eigenvalue weighted by atomic mass is 19.4. The van der Waals surface area contributed by atoms with Crippen LogP contribution in [0, 0.1) is 6.92 Å². The first-order valence-electron chi connectivity index (χ1n) is 8.03. The molecule has 1 N–H and O–H groups in total. The number of nitrogens with one attached hydrogen (secondary N) is 1. The zero-order valence-electron chi connectivity index (χ0n) is 14.0. The topological polar surface area (TPSA) is 62.4 Å². The van der Waals surface area contributed by atoms with Crippen molar-refractivity contribution in [3.05, 3.63) is 69.1 Å². The van der Waals surface area contributed by atoms with Crippen LogP contribution in [0.4, 0.5) is 13.2 Å². The van der Waals surface area contributed by atoms with E-state index < -0.39 is 29.2 Å². The maximum absolute atomic E-state index is 13.2. The molecule has 138 valence electrons. The highest BCUT2D eigenvalue weighted by Gasteiger charge is 2.37. The van der Waals surface area contributed by atoms with Gasteiger partial charge in [-0.2, -0.15) is 13.2 Å². The molecule has 1 aromatic heterocycles. The summed E-state index contributed by atoms with van der Waals surface area (Å²) in [7, 11) is 0. The molecule has 1 aliphatic heterocycles. The SMILES string of the molecule is Cc1c[nH]cc(C(=O)N2CCOC(c3ccccc3C(F)(F)F)C2)c1=O. The monoisotopic (exact) mass is 366 g/mol. The number of carbonyl (C=O) groups is 1. The van der Waals surface area contributed by atoms with Crippen LogP contribution in [0.15, 0.2) is 41.5 Å². The number of amides is 1. The van der Waals surface area contributed by atoms with Crippen LogP contribution in [0.25, 0.3) is 0 Å². The second kappa shape index (κ2) is 6.95. The van der Waals surface area contributed by atoms with E-state index in [0.717, 1.165) is 6.07 Å². The number of rotatable bonds is 2. The highest BCUT2D eigenvalue weighted by Crippen LogP contribution is 2.36. The van der Waals surface area contributed by atoms with E-state index in [9.17, 15) is 22.8 Å². The smallest absolute Gasteiger partial charge is 0.370 e. The van der Waals surface area contributed by atoms with Crippen molar-refractivity contribution < 1.29 is 22.7 Å². The molecule has 1 atom stereocenters. The van der Waals surface area contributed by atoms with E-state index in [-0.39, 0.29) is 30.8 Å². The molecule has 2 aromatic rings. The Balaban J connectivity index is 1.88. The Morgan fingerprint density at radius 3 is 2.73 bits per heavy atom. The van der Waals surface area contributed by atoms with E-state index in [1.54, 1.807) is 6.92 Å². The molecule has 5 nitrogen and oxygen atoms in total. The molecular formula is C18H17F3N2O3. The lowest BCUT2D eigenvalue weighted by Crippen LogP contribution is -2.44. The normalized spacial score (nSPS) is 18.0. The van der Waals surface area contributed by atoms with Gasteiger partial charge in [-0.15, -0.1) is 0 Å². The van der Waals surface area contributed by atoms with Gasteiger partial charge in [0.15, 0.2) is 5.43 Å². The Kier molecular flexibility index (Phi) is 4.86. The standard InChI is InChI=1S/C18H17F3N2O3/c1-11-8-22-9-13(16(11)24)17(25)23-6-7-26-15(10-23)12-4-2-3-5-14(12)18(19,20)21/h2-5,8-9,15H,6-7,10H2,1H3,(H,22,24). The van der Waals surface area contributed by atoms with Crippen LogP contribution in [-0.4, -0.2) is 35.5 Å². The van der Waals surface area contributed by atoms with E-state index in [1.807, 2.05) is 0 Å². The molecule has 0 aliphatic carbocycles. The fourth-order valence-corrected chi connectivity index (χ4v) is 2.98. The number of carbonyl (C=O) groups excluding carboxylic acids is 1. The van der Waals surface area contributed by atoms with Crippen LogP contribution < -0.4 is 5.43 Å². The number of hydrogen-bond acceptors (Lipinski definition) is 3. The van der Waals surface area contributed by atoms with Crippen molar-refractivity contribution in [2.45, 2.75) is 19.2 Å². The number of morpholine rings is 1. The fourth-order valence-electron chi connectivity index (χ4n) is 2.98. The summed E-state index contributed by atoms with van der Waals surface area (Å²) < 4.78 is 45.2. The molecule has 26 heavy (non-hydrogen) atoms. The number of halogens is 3. The second-order valence-electron chi connectivity index (χ2n) is 6.08. The van der Waals surface area contributed by atoms with Gasteiger partial charge in [-0.05, 0) is 18.6 Å². The number of aromatic amines is 1. The third-order valence-electron chi connectivity index (χ3n) is 4.33. The number of H-pyrrole nitrogens is 1. The molecule has 3 rings (SSSR count). The molecule has 1 saturated heterocycles. The lowest BCUT2D eigenvalue weighted by Gasteiger charge is -2.34. The van der Waals surface area contributed by atoms with Crippen molar-refractivity contribution in [2.24, 2.45) is 0 Å². The summed E-state index contributed by atoms with van der Waals surface area (Å²) in [4.78, 5) is 28.9. The Labute approximate surface area is 147 Å². The van der Waals surface area contributed by atoms with Gasteiger partial charge in [0.25, 0.3) is 5.91 Å². The third-order valence-corrected chi connectivity index (χ3v) is 4.33. The van der Waals surface area contributed by atoms with E-state index in [0.29, 0.717) is 5.56 Å². The molecule has 0 spiro atoms. The number of benzene rings is 1. The zero-order valence-corrected chi connectivity index (χ0v) is 14.0. The average Bonchev–Trinajstić information content (AvgIpc) is 2.63. The second-order valence-corrected chi connectivity index (χ2v) is 6.08. The predicted molar refractivity (Wildman–Crippen MR) is 87.8 cm³/mol. The third kappa shape index (κ3) is 3.50. The maximum atomic E-state index is 13.2. The quantitative estimate of drug-likeness (QED) is 0.889. The van der Waals surface area contributed by atoms with Gasteiger partial charge in [0.05, 0.1) is 18.7 Å². The summed E-state index contributed by atoms with van der Waals surface area (Å²) in [6.45, 7) is 1.82.